The van der Waals surface area contributed by atoms with Crippen molar-refractivity contribution in [2.75, 3.05) is 5.32 Å². The van der Waals surface area contributed by atoms with Gasteiger partial charge in [0.15, 0.2) is 0 Å². The number of anilines is 1. The van der Waals surface area contributed by atoms with Crippen LogP contribution < -0.4 is 5.32 Å². The van der Waals surface area contributed by atoms with Gasteiger partial charge in [0, 0.05) is 32.9 Å². The maximum Gasteiger partial charge on any atom is 0.269 e. The van der Waals surface area contributed by atoms with Gasteiger partial charge in [0.25, 0.3) is 5.69 Å². The molecule has 0 fully saturated rings. The van der Waals surface area contributed by atoms with Gasteiger partial charge in [0.05, 0.1) is 21.2 Å². The van der Waals surface area contributed by atoms with E-state index in [0.717, 1.165) is 37.6 Å². The van der Waals surface area contributed by atoms with Crippen LogP contribution in [0, 0.1) is 24.0 Å². The zero-order valence-corrected chi connectivity index (χ0v) is 17.7. The molecule has 1 aliphatic heterocycles. The Labute approximate surface area is 180 Å². The highest BCUT2D eigenvalue weighted by Gasteiger charge is 2.29. The SMILES string of the molecule is Cc1cc(C)n(C2=NC(c3cccc([N+](=O)[O-])c3)c3sc4ccc(Cl)cc4c3N2)n1. The number of nitro groups is 1. The van der Waals surface area contributed by atoms with Crippen LogP contribution in [-0.2, 0) is 0 Å². The Balaban J connectivity index is 1.74. The summed E-state index contributed by atoms with van der Waals surface area (Å²) in [5, 5.41) is 20.9. The van der Waals surface area contributed by atoms with Crippen molar-refractivity contribution in [3.63, 3.8) is 0 Å². The lowest BCUT2D eigenvalue weighted by Gasteiger charge is -2.23. The molecule has 150 valence electrons. The standard InChI is InChI=1S/C21H16ClN5O2S/c1-11-8-12(2)26(25-11)21-23-18(13-4-3-5-15(9-13)27(28)29)20-19(24-21)16-10-14(22)6-7-17(16)30-20/h3-10,18H,1-2H3,(H,23,24). The molecule has 1 unspecified atom stereocenters. The summed E-state index contributed by atoms with van der Waals surface area (Å²) in [6.45, 7) is 3.89. The van der Waals surface area contributed by atoms with E-state index in [1.807, 2.05) is 44.2 Å². The second-order valence-corrected chi connectivity index (χ2v) is 8.67. The molecule has 0 saturated heterocycles. The topological polar surface area (TPSA) is 85.3 Å². The Hall–Kier alpha value is -3.23. The number of aryl methyl sites for hydroxylation is 2. The minimum absolute atomic E-state index is 0.0413. The fraction of sp³-hybridized carbons (Fsp3) is 0.143. The van der Waals surface area contributed by atoms with E-state index in [4.69, 9.17) is 16.6 Å². The average Bonchev–Trinajstić information content (AvgIpc) is 3.26. The van der Waals surface area contributed by atoms with Crippen LogP contribution in [0.1, 0.15) is 27.9 Å². The fourth-order valence-electron chi connectivity index (χ4n) is 3.72. The van der Waals surface area contributed by atoms with E-state index >= 15 is 0 Å². The largest absolute Gasteiger partial charge is 0.323 e. The third-order valence-electron chi connectivity index (χ3n) is 5.02. The number of hydrogen-bond acceptors (Lipinski definition) is 6. The summed E-state index contributed by atoms with van der Waals surface area (Å²) in [4.78, 5) is 16.8. The van der Waals surface area contributed by atoms with Crippen LogP contribution in [0.25, 0.3) is 10.1 Å². The van der Waals surface area contributed by atoms with E-state index in [2.05, 4.69) is 10.4 Å². The third-order valence-corrected chi connectivity index (χ3v) is 6.48. The van der Waals surface area contributed by atoms with Crippen molar-refractivity contribution >= 4 is 50.4 Å². The lowest BCUT2D eigenvalue weighted by atomic mass is 10.0. The monoisotopic (exact) mass is 437 g/mol. The number of benzene rings is 2. The highest BCUT2D eigenvalue weighted by atomic mass is 35.5. The molecule has 9 heteroatoms. The van der Waals surface area contributed by atoms with Crippen LogP contribution in [-0.4, -0.2) is 20.7 Å². The van der Waals surface area contributed by atoms with Gasteiger partial charge in [-0.15, -0.1) is 11.3 Å². The molecule has 3 heterocycles. The summed E-state index contributed by atoms with van der Waals surface area (Å²) in [6, 6.07) is 14.0. The minimum Gasteiger partial charge on any atom is -0.323 e. The van der Waals surface area contributed by atoms with E-state index in [1.165, 1.54) is 6.07 Å². The van der Waals surface area contributed by atoms with Crippen molar-refractivity contribution in [1.29, 1.82) is 0 Å². The van der Waals surface area contributed by atoms with Gasteiger partial charge in [-0.25, -0.2) is 9.67 Å². The van der Waals surface area contributed by atoms with E-state index in [9.17, 15) is 10.1 Å². The molecule has 4 aromatic rings. The Morgan fingerprint density at radius 3 is 2.77 bits per heavy atom. The second-order valence-electron chi connectivity index (χ2n) is 7.15. The number of aliphatic imine (C=N–C) groups is 1. The summed E-state index contributed by atoms with van der Waals surface area (Å²) < 4.78 is 2.83. The first-order valence-corrected chi connectivity index (χ1v) is 10.4. The number of rotatable bonds is 2. The van der Waals surface area contributed by atoms with E-state index < -0.39 is 6.04 Å². The molecule has 0 amide bonds. The Morgan fingerprint density at radius 1 is 1.20 bits per heavy atom. The number of hydrogen-bond donors (Lipinski definition) is 1. The smallest absolute Gasteiger partial charge is 0.269 e. The van der Waals surface area contributed by atoms with Crippen LogP contribution in [0.2, 0.25) is 5.02 Å². The van der Waals surface area contributed by atoms with Gasteiger partial charge in [-0.3, -0.25) is 10.1 Å². The number of nitrogens with one attached hydrogen (secondary N) is 1. The molecular weight excluding hydrogens is 422 g/mol. The van der Waals surface area contributed by atoms with E-state index in [-0.39, 0.29) is 10.6 Å². The molecule has 0 spiro atoms. The molecule has 2 aromatic heterocycles. The molecule has 0 aliphatic carbocycles. The van der Waals surface area contributed by atoms with Crippen molar-refractivity contribution in [1.82, 2.24) is 9.78 Å². The number of fused-ring (bicyclic) bond motifs is 3. The average molecular weight is 438 g/mol. The summed E-state index contributed by atoms with van der Waals surface area (Å²) >= 11 is 7.87. The molecular formula is C21H16ClN5O2S. The van der Waals surface area contributed by atoms with Crippen molar-refractivity contribution < 1.29 is 4.92 Å². The zero-order valence-electron chi connectivity index (χ0n) is 16.1. The summed E-state index contributed by atoms with van der Waals surface area (Å²) in [5.74, 6) is 0.573. The van der Waals surface area contributed by atoms with Gasteiger partial charge < -0.3 is 5.32 Å². The van der Waals surface area contributed by atoms with Crippen molar-refractivity contribution in [2.45, 2.75) is 19.9 Å². The third kappa shape index (κ3) is 3.05. The van der Waals surface area contributed by atoms with E-state index in [0.29, 0.717) is 11.0 Å². The zero-order chi connectivity index (χ0) is 21.0. The Kier molecular flexibility index (Phi) is 4.34. The van der Waals surface area contributed by atoms with Crippen molar-refractivity contribution in [3.8, 4) is 0 Å². The molecule has 5 rings (SSSR count). The summed E-state index contributed by atoms with van der Waals surface area (Å²) in [6.07, 6.45) is 0. The molecule has 2 aromatic carbocycles. The number of nitro benzene ring substituents is 1. The fourth-order valence-corrected chi connectivity index (χ4v) is 5.10. The first kappa shape index (κ1) is 18.8. The number of halogens is 1. The number of aromatic nitrogens is 2. The van der Waals surface area contributed by atoms with Gasteiger partial charge >= 0.3 is 0 Å². The number of non-ortho nitro benzene ring substituents is 1. The molecule has 0 saturated carbocycles. The van der Waals surface area contributed by atoms with Crippen LogP contribution in [0.3, 0.4) is 0 Å². The highest BCUT2D eigenvalue weighted by molar-refractivity contribution is 7.20. The van der Waals surface area contributed by atoms with Gasteiger partial charge in [-0.05, 0) is 43.7 Å². The normalized spacial score (nSPS) is 15.6. The molecule has 1 N–H and O–H groups in total. The van der Waals surface area contributed by atoms with Gasteiger partial charge in [0.2, 0.25) is 5.96 Å². The van der Waals surface area contributed by atoms with Crippen molar-refractivity contribution in [3.05, 3.63) is 85.5 Å². The van der Waals surface area contributed by atoms with Crippen LogP contribution >= 0.6 is 22.9 Å². The minimum atomic E-state index is -0.392. The predicted molar refractivity (Wildman–Crippen MR) is 120 cm³/mol. The second kappa shape index (κ2) is 6.93. The maximum atomic E-state index is 11.3. The number of nitrogens with zero attached hydrogens (tertiary/aromatic N) is 4. The van der Waals surface area contributed by atoms with Crippen molar-refractivity contribution in [2.24, 2.45) is 4.99 Å². The predicted octanol–water partition coefficient (Wildman–Crippen LogP) is 5.70. The quantitative estimate of drug-likeness (QED) is 0.322. The molecule has 0 bridgehead atoms. The van der Waals surface area contributed by atoms with E-state index in [1.54, 1.807) is 28.2 Å². The summed E-state index contributed by atoms with van der Waals surface area (Å²) in [5.41, 5.74) is 3.53. The molecule has 7 nitrogen and oxygen atoms in total. The Bertz CT molecular complexity index is 1360. The lowest BCUT2D eigenvalue weighted by molar-refractivity contribution is -0.384. The first-order chi connectivity index (χ1) is 14.4. The van der Waals surface area contributed by atoms with Gasteiger partial charge in [-0.2, -0.15) is 5.10 Å². The molecule has 1 atom stereocenters. The van der Waals surface area contributed by atoms with Crippen LogP contribution in [0.4, 0.5) is 11.4 Å². The Morgan fingerprint density at radius 2 is 2.03 bits per heavy atom. The van der Waals surface area contributed by atoms with Crippen LogP contribution in [0.5, 0.6) is 0 Å². The molecule has 30 heavy (non-hydrogen) atoms. The lowest BCUT2D eigenvalue weighted by Crippen LogP contribution is -2.28. The number of thiophene rings is 1. The van der Waals surface area contributed by atoms with Crippen LogP contribution in [0.15, 0.2) is 53.5 Å². The summed E-state index contributed by atoms with van der Waals surface area (Å²) in [7, 11) is 0. The first-order valence-electron chi connectivity index (χ1n) is 9.25. The molecule has 1 aliphatic rings. The molecule has 0 radical (unpaired) electrons. The van der Waals surface area contributed by atoms with Gasteiger partial charge in [0.1, 0.15) is 6.04 Å². The highest BCUT2D eigenvalue weighted by Crippen LogP contribution is 2.46. The maximum absolute atomic E-state index is 11.3. The van der Waals surface area contributed by atoms with Gasteiger partial charge in [-0.1, -0.05) is 23.7 Å².